The average molecular weight is 419 g/mol. The van der Waals surface area contributed by atoms with Crippen LogP contribution in [0.3, 0.4) is 0 Å². The second-order valence-electron chi connectivity index (χ2n) is 6.21. The number of pyridine rings is 1. The molecule has 0 saturated heterocycles. The summed E-state index contributed by atoms with van der Waals surface area (Å²) in [5.74, 6) is 1.24. The summed E-state index contributed by atoms with van der Waals surface area (Å²) < 4.78 is 5.43. The molecule has 2 N–H and O–H groups in total. The van der Waals surface area contributed by atoms with Gasteiger partial charge in [0.25, 0.3) is 5.56 Å². The lowest BCUT2D eigenvalue weighted by atomic mass is 10.2. The van der Waals surface area contributed by atoms with Crippen molar-refractivity contribution in [2.75, 3.05) is 11.9 Å². The highest BCUT2D eigenvalue weighted by Gasteiger charge is 2.18. The van der Waals surface area contributed by atoms with Crippen LogP contribution >= 0.6 is 23.1 Å². The summed E-state index contributed by atoms with van der Waals surface area (Å²) in [7, 11) is 0. The van der Waals surface area contributed by atoms with E-state index in [2.05, 4.69) is 20.3 Å². The number of thiophene rings is 1. The molecule has 3 rings (SSSR count). The van der Waals surface area contributed by atoms with E-state index in [1.165, 1.54) is 23.1 Å². The number of carbonyl (C=O) groups is 1. The molecule has 0 aromatic carbocycles. The minimum atomic E-state index is -0.345. The van der Waals surface area contributed by atoms with Crippen LogP contribution in [0.15, 0.2) is 23.1 Å². The van der Waals surface area contributed by atoms with Gasteiger partial charge in [0.2, 0.25) is 11.8 Å². The van der Waals surface area contributed by atoms with Crippen molar-refractivity contribution in [2.45, 2.75) is 38.7 Å². The van der Waals surface area contributed by atoms with Crippen molar-refractivity contribution in [2.24, 2.45) is 0 Å². The largest absolute Gasteiger partial charge is 0.476 e. The molecule has 9 heteroatoms. The smallest absolute Gasteiger partial charge is 0.259 e. The molecule has 3 aromatic heterocycles. The van der Waals surface area contributed by atoms with E-state index in [1.54, 1.807) is 18.3 Å². The number of hydrogen-bond donors (Lipinski definition) is 2. The quantitative estimate of drug-likeness (QED) is 0.608. The Labute approximate surface area is 170 Å². The molecule has 3 heterocycles. The van der Waals surface area contributed by atoms with Crippen LogP contribution in [0.25, 0.3) is 10.2 Å². The fourth-order valence-corrected chi connectivity index (χ4v) is 4.42. The van der Waals surface area contributed by atoms with Crippen LogP contribution < -0.4 is 15.6 Å². The van der Waals surface area contributed by atoms with Gasteiger partial charge < -0.3 is 15.0 Å². The monoisotopic (exact) mass is 418 g/mol. The van der Waals surface area contributed by atoms with Crippen LogP contribution in [0.5, 0.6) is 5.88 Å². The fraction of sp³-hybridized carbons (Fsp3) is 0.368. The lowest BCUT2D eigenvalue weighted by molar-refractivity contribution is -0.115. The van der Waals surface area contributed by atoms with Crippen molar-refractivity contribution in [1.29, 1.82) is 0 Å². The van der Waals surface area contributed by atoms with Gasteiger partial charge in [0.1, 0.15) is 16.3 Å². The first-order valence-electron chi connectivity index (χ1n) is 8.89. The van der Waals surface area contributed by atoms with Crippen molar-refractivity contribution < 1.29 is 9.53 Å². The Hall–Kier alpha value is -2.39. The van der Waals surface area contributed by atoms with Crippen molar-refractivity contribution >= 4 is 44.9 Å². The van der Waals surface area contributed by atoms with E-state index in [4.69, 9.17) is 4.74 Å². The molecule has 0 aliphatic carbocycles. The van der Waals surface area contributed by atoms with E-state index in [9.17, 15) is 9.59 Å². The lowest BCUT2D eigenvalue weighted by Crippen LogP contribution is -2.23. The summed E-state index contributed by atoms with van der Waals surface area (Å²) in [4.78, 5) is 38.2. The van der Waals surface area contributed by atoms with Gasteiger partial charge in [-0.2, -0.15) is 0 Å². The molecule has 0 saturated carbocycles. The third-order valence-corrected chi connectivity index (χ3v) is 6.49. The fourth-order valence-electron chi connectivity index (χ4n) is 2.62. The van der Waals surface area contributed by atoms with Gasteiger partial charge in [-0.05, 0) is 45.4 Å². The Balaban J connectivity index is 1.67. The number of thioether (sulfide) groups is 1. The van der Waals surface area contributed by atoms with Crippen LogP contribution in [-0.2, 0) is 10.5 Å². The number of aromatic nitrogens is 3. The molecule has 1 amide bonds. The number of aromatic amines is 1. The third-order valence-electron chi connectivity index (χ3n) is 4.24. The lowest BCUT2D eigenvalue weighted by Gasteiger charge is -2.13. The van der Waals surface area contributed by atoms with Gasteiger partial charge in [0.05, 0.1) is 23.0 Å². The second-order valence-corrected chi connectivity index (χ2v) is 8.74. The van der Waals surface area contributed by atoms with Gasteiger partial charge in [0.15, 0.2) is 0 Å². The van der Waals surface area contributed by atoms with Gasteiger partial charge in [-0.1, -0.05) is 0 Å². The maximum atomic E-state index is 12.5. The predicted octanol–water partition coefficient (Wildman–Crippen LogP) is 3.66. The summed E-state index contributed by atoms with van der Waals surface area (Å²) in [5.41, 5.74) is 1.39. The molecule has 0 bridgehead atoms. The number of H-pyrrole nitrogens is 1. The first-order chi connectivity index (χ1) is 13.4. The Bertz CT molecular complexity index is 1060. The molecule has 7 nitrogen and oxygen atoms in total. The minimum Gasteiger partial charge on any atom is -0.476 e. The van der Waals surface area contributed by atoms with Crippen molar-refractivity contribution in [1.82, 2.24) is 15.0 Å². The molecule has 0 aliphatic rings. The molecule has 1 atom stereocenters. The van der Waals surface area contributed by atoms with Gasteiger partial charge in [0, 0.05) is 11.1 Å². The molecule has 0 aliphatic heterocycles. The molecular weight excluding hydrogens is 396 g/mol. The molecule has 0 radical (unpaired) electrons. The Morgan fingerprint density at radius 1 is 1.43 bits per heavy atom. The first kappa shape index (κ1) is 20.3. The second kappa shape index (κ2) is 8.74. The zero-order valence-corrected chi connectivity index (χ0v) is 17.8. The Morgan fingerprint density at radius 2 is 2.21 bits per heavy atom. The number of carbonyl (C=O) groups excluding carboxylic acids is 1. The van der Waals surface area contributed by atoms with Crippen LogP contribution in [0.4, 0.5) is 5.69 Å². The number of amides is 1. The number of hydrogen-bond acceptors (Lipinski definition) is 7. The van der Waals surface area contributed by atoms with Gasteiger partial charge >= 0.3 is 0 Å². The zero-order valence-electron chi connectivity index (χ0n) is 16.2. The third kappa shape index (κ3) is 4.36. The minimum absolute atomic E-state index is 0.128. The van der Waals surface area contributed by atoms with Gasteiger partial charge in [-0.15, -0.1) is 23.1 Å². The highest BCUT2D eigenvalue weighted by Crippen LogP contribution is 2.27. The molecular formula is C19H22N4O3S2. The van der Waals surface area contributed by atoms with Crippen molar-refractivity contribution in [3.05, 3.63) is 44.9 Å². The summed E-state index contributed by atoms with van der Waals surface area (Å²) >= 11 is 2.92. The summed E-state index contributed by atoms with van der Waals surface area (Å²) in [5, 5.41) is 3.16. The predicted molar refractivity (Wildman–Crippen MR) is 115 cm³/mol. The molecule has 28 heavy (non-hydrogen) atoms. The molecule has 0 fully saturated rings. The standard InChI is InChI=1S/C19H22N4O3S2/c1-5-26-18-13(7-6-8-20-18)21-16(24)12(4)27-9-14-22-17(25)15-10(2)11(3)28-19(15)23-14/h6-8,12H,5,9H2,1-4H3,(H,21,24)(H,22,23,25). The van der Waals surface area contributed by atoms with Crippen LogP contribution in [0.2, 0.25) is 0 Å². The number of nitrogens with one attached hydrogen (secondary N) is 2. The highest BCUT2D eigenvalue weighted by atomic mass is 32.2. The van der Waals surface area contributed by atoms with E-state index in [-0.39, 0.29) is 16.7 Å². The molecule has 148 valence electrons. The van der Waals surface area contributed by atoms with Crippen LogP contribution in [0, 0.1) is 13.8 Å². The van der Waals surface area contributed by atoms with Crippen molar-refractivity contribution in [3.63, 3.8) is 0 Å². The van der Waals surface area contributed by atoms with Gasteiger partial charge in [-0.25, -0.2) is 9.97 Å². The normalized spacial score (nSPS) is 12.1. The zero-order chi connectivity index (χ0) is 20.3. The van der Waals surface area contributed by atoms with Gasteiger partial charge in [-0.3, -0.25) is 9.59 Å². The number of aryl methyl sites for hydroxylation is 2. The number of fused-ring (bicyclic) bond motifs is 1. The summed E-state index contributed by atoms with van der Waals surface area (Å²) in [6, 6.07) is 3.49. The topological polar surface area (TPSA) is 97.0 Å². The van der Waals surface area contributed by atoms with E-state index in [0.717, 1.165) is 15.3 Å². The van der Waals surface area contributed by atoms with Crippen LogP contribution in [0.1, 0.15) is 30.1 Å². The number of nitrogens with zero attached hydrogens (tertiary/aromatic N) is 2. The van der Waals surface area contributed by atoms with E-state index < -0.39 is 0 Å². The summed E-state index contributed by atoms with van der Waals surface area (Å²) in [6.07, 6.45) is 1.62. The molecule has 3 aromatic rings. The maximum Gasteiger partial charge on any atom is 0.259 e. The Morgan fingerprint density at radius 3 is 2.96 bits per heavy atom. The van der Waals surface area contributed by atoms with E-state index in [0.29, 0.717) is 35.1 Å². The number of rotatable bonds is 7. The molecule has 1 unspecified atom stereocenters. The van der Waals surface area contributed by atoms with Crippen molar-refractivity contribution in [3.8, 4) is 5.88 Å². The Kier molecular flexibility index (Phi) is 6.35. The SMILES string of the molecule is CCOc1ncccc1NC(=O)C(C)SCc1nc2sc(C)c(C)c2c(=O)[nH]1. The maximum absolute atomic E-state index is 12.5. The van der Waals surface area contributed by atoms with E-state index in [1.807, 2.05) is 27.7 Å². The highest BCUT2D eigenvalue weighted by molar-refractivity contribution is 7.99. The first-order valence-corrected chi connectivity index (χ1v) is 10.8. The van der Waals surface area contributed by atoms with Crippen LogP contribution in [-0.4, -0.2) is 32.7 Å². The summed E-state index contributed by atoms with van der Waals surface area (Å²) in [6.45, 7) is 8.05. The molecule has 0 spiro atoms. The number of anilines is 1. The average Bonchev–Trinajstić information content (AvgIpc) is 2.95. The van der Waals surface area contributed by atoms with E-state index >= 15 is 0 Å². The number of ether oxygens (including phenoxy) is 1.